The summed E-state index contributed by atoms with van der Waals surface area (Å²) in [6.45, 7) is 4.44. The Bertz CT molecular complexity index is 464. The average Bonchev–Trinajstić information content (AvgIpc) is 2.26. The van der Waals surface area contributed by atoms with Gasteiger partial charge < -0.3 is 4.74 Å². The molecule has 0 saturated heterocycles. The number of hydrogen-bond acceptors (Lipinski definition) is 3. The Hall–Kier alpha value is -1.23. The largest absolute Gasteiger partial charge is 0.478 e. The lowest BCUT2D eigenvalue weighted by Gasteiger charge is -2.08. The van der Waals surface area contributed by atoms with E-state index in [1.165, 1.54) is 0 Å². The van der Waals surface area contributed by atoms with E-state index in [1.54, 1.807) is 6.92 Å². The summed E-state index contributed by atoms with van der Waals surface area (Å²) in [6, 6.07) is 0. The van der Waals surface area contributed by atoms with E-state index in [0.717, 1.165) is 17.4 Å². The van der Waals surface area contributed by atoms with Crippen LogP contribution in [0.2, 0.25) is 5.02 Å². The zero-order valence-corrected chi connectivity index (χ0v) is 10.1. The van der Waals surface area contributed by atoms with Gasteiger partial charge in [-0.15, -0.1) is 0 Å². The molecule has 0 atom stereocenters. The van der Waals surface area contributed by atoms with Gasteiger partial charge in [0.15, 0.2) is 5.02 Å². The molecule has 1 rings (SSSR count). The number of aromatic amines is 1. The molecular formula is C10H15ClN2O3. The molecule has 0 amide bonds. The van der Waals surface area contributed by atoms with Crippen LogP contribution in [0, 0.1) is 0 Å². The Kier molecular flexibility index (Phi) is 4.61. The van der Waals surface area contributed by atoms with E-state index in [0.29, 0.717) is 13.2 Å². The van der Waals surface area contributed by atoms with Crippen LogP contribution in [-0.4, -0.2) is 16.2 Å². The molecule has 0 aliphatic carbocycles. The number of unbranched alkanes of at least 4 members (excludes halogenated alkanes) is 1. The Morgan fingerprint density at radius 3 is 2.62 bits per heavy atom. The third-order valence-corrected chi connectivity index (χ3v) is 2.46. The molecular weight excluding hydrogens is 232 g/mol. The fourth-order valence-electron chi connectivity index (χ4n) is 1.29. The zero-order valence-electron chi connectivity index (χ0n) is 9.38. The lowest BCUT2D eigenvalue weighted by molar-refractivity contribution is 0.322. The van der Waals surface area contributed by atoms with Crippen LogP contribution in [0.3, 0.4) is 0 Å². The molecule has 0 fully saturated rings. The van der Waals surface area contributed by atoms with Crippen LogP contribution in [0.1, 0.15) is 26.7 Å². The van der Waals surface area contributed by atoms with E-state index in [-0.39, 0.29) is 10.9 Å². The second-order valence-corrected chi connectivity index (χ2v) is 3.69. The Morgan fingerprint density at radius 2 is 2.06 bits per heavy atom. The van der Waals surface area contributed by atoms with Gasteiger partial charge in [0.05, 0.1) is 6.61 Å². The topological polar surface area (TPSA) is 64.1 Å². The molecule has 5 nitrogen and oxygen atoms in total. The number of ether oxygens (including phenoxy) is 1. The van der Waals surface area contributed by atoms with Crippen molar-refractivity contribution in [1.82, 2.24) is 9.55 Å². The third-order valence-electron chi connectivity index (χ3n) is 2.12. The maximum absolute atomic E-state index is 11.7. The Labute approximate surface area is 98.0 Å². The first-order chi connectivity index (χ1) is 7.61. The first-order valence-corrected chi connectivity index (χ1v) is 5.65. The molecule has 0 spiro atoms. The molecule has 0 aliphatic heterocycles. The molecule has 0 saturated carbocycles. The maximum atomic E-state index is 11.7. The second-order valence-electron chi connectivity index (χ2n) is 3.32. The minimum Gasteiger partial charge on any atom is -0.478 e. The van der Waals surface area contributed by atoms with Crippen molar-refractivity contribution in [3.63, 3.8) is 0 Å². The molecule has 0 aliphatic rings. The molecule has 90 valence electrons. The molecule has 1 N–H and O–H groups in total. The van der Waals surface area contributed by atoms with Gasteiger partial charge in [0.2, 0.25) is 5.88 Å². The summed E-state index contributed by atoms with van der Waals surface area (Å²) >= 11 is 5.80. The van der Waals surface area contributed by atoms with Gasteiger partial charge in [0, 0.05) is 6.54 Å². The number of rotatable bonds is 5. The van der Waals surface area contributed by atoms with Crippen LogP contribution in [-0.2, 0) is 6.54 Å². The summed E-state index contributed by atoms with van der Waals surface area (Å²) in [6.07, 6.45) is 1.66. The number of H-pyrrole nitrogens is 1. The minimum absolute atomic E-state index is 0.0481. The van der Waals surface area contributed by atoms with Crippen molar-refractivity contribution in [2.24, 2.45) is 0 Å². The maximum Gasteiger partial charge on any atom is 0.331 e. The molecule has 0 aromatic carbocycles. The SMILES string of the molecule is CCCCn1c(=O)[nH]c(OCC)c(Cl)c1=O. The standard InChI is InChI=1S/C10H15ClN2O3/c1-3-5-6-13-9(14)7(11)8(16-4-2)12-10(13)15/h3-6H2,1-2H3,(H,12,15). The van der Waals surface area contributed by atoms with Gasteiger partial charge >= 0.3 is 5.69 Å². The van der Waals surface area contributed by atoms with E-state index in [9.17, 15) is 9.59 Å². The van der Waals surface area contributed by atoms with Crippen molar-refractivity contribution >= 4 is 11.6 Å². The van der Waals surface area contributed by atoms with E-state index in [2.05, 4.69) is 4.98 Å². The average molecular weight is 247 g/mol. The van der Waals surface area contributed by atoms with Gasteiger partial charge in [-0.1, -0.05) is 24.9 Å². The van der Waals surface area contributed by atoms with Crippen LogP contribution in [0.5, 0.6) is 5.88 Å². The van der Waals surface area contributed by atoms with E-state index >= 15 is 0 Å². The van der Waals surface area contributed by atoms with E-state index in [1.807, 2.05) is 6.92 Å². The Morgan fingerprint density at radius 1 is 1.38 bits per heavy atom. The van der Waals surface area contributed by atoms with Crippen LogP contribution in [0.4, 0.5) is 0 Å². The molecule has 1 aromatic heterocycles. The lowest BCUT2D eigenvalue weighted by atomic mass is 10.3. The van der Waals surface area contributed by atoms with Crippen molar-refractivity contribution in [2.75, 3.05) is 6.61 Å². The second kappa shape index (κ2) is 5.75. The highest BCUT2D eigenvalue weighted by Gasteiger charge is 2.12. The molecule has 16 heavy (non-hydrogen) atoms. The highest BCUT2D eigenvalue weighted by atomic mass is 35.5. The molecule has 0 bridgehead atoms. The summed E-state index contributed by atoms with van der Waals surface area (Å²) in [5, 5.41) is -0.0717. The van der Waals surface area contributed by atoms with Crippen LogP contribution >= 0.6 is 11.6 Å². The molecule has 1 heterocycles. The van der Waals surface area contributed by atoms with E-state index < -0.39 is 11.2 Å². The number of aromatic nitrogens is 2. The minimum atomic E-state index is -0.498. The van der Waals surface area contributed by atoms with Crippen LogP contribution in [0.15, 0.2) is 9.59 Å². The van der Waals surface area contributed by atoms with Crippen molar-refractivity contribution in [3.8, 4) is 5.88 Å². The van der Waals surface area contributed by atoms with Gasteiger partial charge in [-0.25, -0.2) is 4.79 Å². The van der Waals surface area contributed by atoms with Crippen molar-refractivity contribution < 1.29 is 4.74 Å². The monoisotopic (exact) mass is 246 g/mol. The number of hydrogen-bond donors (Lipinski definition) is 1. The summed E-state index contributed by atoms with van der Waals surface area (Å²) < 4.78 is 6.15. The molecule has 6 heteroatoms. The summed E-state index contributed by atoms with van der Waals surface area (Å²) in [7, 11) is 0. The third kappa shape index (κ3) is 2.66. The number of nitrogens with zero attached hydrogens (tertiary/aromatic N) is 1. The highest BCUT2D eigenvalue weighted by Crippen LogP contribution is 2.14. The molecule has 1 aromatic rings. The number of nitrogens with one attached hydrogen (secondary N) is 1. The van der Waals surface area contributed by atoms with Crippen LogP contribution in [0.25, 0.3) is 0 Å². The fraction of sp³-hybridized carbons (Fsp3) is 0.600. The van der Waals surface area contributed by atoms with Gasteiger partial charge in [0.1, 0.15) is 0 Å². The highest BCUT2D eigenvalue weighted by molar-refractivity contribution is 6.31. The van der Waals surface area contributed by atoms with Crippen molar-refractivity contribution in [2.45, 2.75) is 33.2 Å². The smallest absolute Gasteiger partial charge is 0.331 e. The fourth-order valence-corrected chi connectivity index (χ4v) is 1.49. The van der Waals surface area contributed by atoms with Gasteiger partial charge in [0.25, 0.3) is 5.56 Å². The summed E-state index contributed by atoms with van der Waals surface area (Å²) in [5.74, 6) is 0.0481. The van der Waals surface area contributed by atoms with Crippen LogP contribution < -0.4 is 16.0 Å². The predicted molar refractivity (Wildman–Crippen MR) is 62.4 cm³/mol. The number of halogens is 1. The summed E-state index contributed by atoms with van der Waals surface area (Å²) in [5.41, 5.74) is -0.978. The Balaban J connectivity index is 3.18. The van der Waals surface area contributed by atoms with Gasteiger partial charge in [-0.05, 0) is 13.3 Å². The first kappa shape index (κ1) is 12.8. The molecule has 0 unspecified atom stereocenters. The van der Waals surface area contributed by atoms with Gasteiger partial charge in [-0.2, -0.15) is 0 Å². The lowest BCUT2D eigenvalue weighted by Crippen LogP contribution is -2.35. The van der Waals surface area contributed by atoms with Crippen molar-refractivity contribution in [3.05, 3.63) is 25.9 Å². The molecule has 0 radical (unpaired) electrons. The quantitative estimate of drug-likeness (QED) is 0.854. The van der Waals surface area contributed by atoms with E-state index in [4.69, 9.17) is 16.3 Å². The first-order valence-electron chi connectivity index (χ1n) is 5.27. The normalized spacial score (nSPS) is 10.4. The predicted octanol–water partition coefficient (Wildman–Crippen LogP) is 1.39. The van der Waals surface area contributed by atoms with Gasteiger partial charge in [-0.3, -0.25) is 14.3 Å². The summed E-state index contributed by atoms with van der Waals surface area (Å²) in [4.78, 5) is 25.7. The van der Waals surface area contributed by atoms with Crippen molar-refractivity contribution in [1.29, 1.82) is 0 Å². The zero-order chi connectivity index (χ0) is 12.1.